The zero-order chi connectivity index (χ0) is 15.2. The van der Waals surface area contributed by atoms with Crippen LogP contribution in [0, 0.1) is 0 Å². The molecule has 3 rings (SSSR count). The van der Waals surface area contributed by atoms with E-state index in [0.717, 1.165) is 17.0 Å². The smallest absolute Gasteiger partial charge is 0.250 e. The number of amides is 1. The minimum absolute atomic E-state index is 0.200. The topological polar surface area (TPSA) is 54.9 Å². The number of carbonyl (C=O) groups is 1. The number of hydrogen-bond donors (Lipinski definition) is 1. The highest BCUT2D eigenvalue weighted by molar-refractivity contribution is 7.15. The first kappa shape index (κ1) is 14.6. The highest BCUT2D eigenvalue weighted by atomic mass is 32.1. The molecule has 0 fully saturated rings. The van der Waals surface area contributed by atoms with Crippen molar-refractivity contribution in [1.29, 1.82) is 0 Å². The molecule has 0 aliphatic rings. The molecule has 2 heterocycles. The van der Waals surface area contributed by atoms with Crippen molar-refractivity contribution in [3.63, 3.8) is 0 Å². The third-order valence-corrected chi connectivity index (χ3v) is 4.41. The van der Waals surface area contributed by atoms with E-state index in [1.54, 1.807) is 17.4 Å². The van der Waals surface area contributed by atoms with Gasteiger partial charge in [0.1, 0.15) is 5.01 Å². The molecular formula is C16H13N3OS2. The van der Waals surface area contributed by atoms with Gasteiger partial charge >= 0.3 is 0 Å². The predicted molar refractivity (Wildman–Crippen MR) is 91.1 cm³/mol. The Kier molecular flexibility index (Phi) is 4.72. The van der Waals surface area contributed by atoms with Gasteiger partial charge in [0.15, 0.2) is 0 Å². The van der Waals surface area contributed by atoms with Gasteiger partial charge in [-0.05, 0) is 34.0 Å². The van der Waals surface area contributed by atoms with Gasteiger partial charge in [-0.15, -0.1) is 10.2 Å². The fourth-order valence-corrected chi connectivity index (χ4v) is 3.24. The van der Waals surface area contributed by atoms with Crippen molar-refractivity contribution in [3.05, 3.63) is 69.4 Å². The molecule has 0 unspecified atom stereocenters. The van der Waals surface area contributed by atoms with Crippen molar-refractivity contribution < 1.29 is 4.79 Å². The van der Waals surface area contributed by atoms with E-state index in [1.165, 1.54) is 23.0 Å². The van der Waals surface area contributed by atoms with Crippen LogP contribution in [0.15, 0.2) is 53.2 Å². The fourth-order valence-electron chi connectivity index (χ4n) is 1.83. The van der Waals surface area contributed by atoms with Crippen LogP contribution in [-0.2, 0) is 11.2 Å². The van der Waals surface area contributed by atoms with E-state index >= 15 is 0 Å². The van der Waals surface area contributed by atoms with Gasteiger partial charge in [0.25, 0.3) is 0 Å². The lowest BCUT2D eigenvalue weighted by Gasteiger charge is -1.95. The van der Waals surface area contributed by atoms with Gasteiger partial charge in [-0.2, -0.15) is 11.3 Å². The van der Waals surface area contributed by atoms with Crippen LogP contribution >= 0.6 is 22.7 Å². The molecule has 0 bridgehead atoms. The molecule has 1 aromatic carbocycles. The summed E-state index contributed by atoms with van der Waals surface area (Å²) < 4.78 is 0. The molecule has 22 heavy (non-hydrogen) atoms. The minimum Gasteiger partial charge on any atom is -0.297 e. The lowest BCUT2D eigenvalue weighted by Crippen LogP contribution is -2.07. The second-order valence-corrected chi connectivity index (χ2v) is 6.38. The van der Waals surface area contributed by atoms with Crippen LogP contribution in [0.1, 0.15) is 16.1 Å². The highest BCUT2D eigenvalue weighted by Crippen LogP contribution is 2.18. The zero-order valence-electron chi connectivity index (χ0n) is 11.6. The molecule has 0 saturated carbocycles. The lowest BCUT2D eigenvalue weighted by molar-refractivity contribution is -0.111. The van der Waals surface area contributed by atoms with Crippen molar-refractivity contribution in [2.24, 2.45) is 0 Å². The van der Waals surface area contributed by atoms with Crippen LogP contribution < -0.4 is 5.32 Å². The maximum atomic E-state index is 11.8. The van der Waals surface area contributed by atoms with Gasteiger partial charge in [0.2, 0.25) is 11.0 Å². The Morgan fingerprint density at radius 3 is 2.82 bits per heavy atom. The maximum absolute atomic E-state index is 11.8. The molecule has 3 aromatic rings. The summed E-state index contributed by atoms with van der Waals surface area (Å²) in [5.74, 6) is -0.200. The molecule has 1 N–H and O–H groups in total. The average Bonchev–Trinajstić information content (AvgIpc) is 3.18. The van der Waals surface area contributed by atoms with Crippen LogP contribution in [0.25, 0.3) is 6.08 Å². The van der Waals surface area contributed by atoms with Crippen molar-refractivity contribution >= 4 is 39.8 Å². The van der Waals surface area contributed by atoms with Crippen LogP contribution in [0.4, 0.5) is 5.13 Å². The number of rotatable bonds is 5. The van der Waals surface area contributed by atoms with E-state index in [1.807, 2.05) is 47.2 Å². The van der Waals surface area contributed by atoms with Crippen LogP contribution in [0.2, 0.25) is 0 Å². The third kappa shape index (κ3) is 4.09. The van der Waals surface area contributed by atoms with Gasteiger partial charge < -0.3 is 0 Å². The van der Waals surface area contributed by atoms with E-state index in [0.29, 0.717) is 5.13 Å². The first-order valence-corrected chi connectivity index (χ1v) is 8.43. The van der Waals surface area contributed by atoms with E-state index in [-0.39, 0.29) is 5.91 Å². The minimum atomic E-state index is -0.200. The zero-order valence-corrected chi connectivity index (χ0v) is 13.2. The average molecular weight is 327 g/mol. The monoisotopic (exact) mass is 327 g/mol. The molecule has 0 saturated heterocycles. The quantitative estimate of drug-likeness (QED) is 0.724. The highest BCUT2D eigenvalue weighted by Gasteiger charge is 2.07. The van der Waals surface area contributed by atoms with Crippen LogP contribution in [0.5, 0.6) is 0 Å². The van der Waals surface area contributed by atoms with E-state index in [4.69, 9.17) is 0 Å². The molecular weight excluding hydrogens is 314 g/mol. The number of aromatic nitrogens is 2. The number of nitrogens with one attached hydrogen (secondary N) is 1. The van der Waals surface area contributed by atoms with Gasteiger partial charge in [0, 0.05) is 12.5 Å². The number of nitrogens with zero attached hydrogens (tertiary/aromatic N) is 2. The first-order chi connectivity index (χ1) is 10.8. The van der Waals surface area contributed by atoms with Gasteiger partial charge in [-0.3, -0.25) is 10.1 Å². The standard InChI is InChI=1S/C16H13N3OS2/c20-14(7-6-13-8-9-21-11-13)17-16-19-18-15(22-16)10-12-4-2-1-3-5-12/h1-9,11H,10H2,(H,17,19,20). The third-order valence-electron chi connectivity index (χ3n) is 2.87. The van der Waals surface area contributed by atoms with E-state index in [2.05, 4.69) is 15.5 Å². The Morgan fingerprint density at radius 1 is 1.18 bits per heavy atom. The lowest BCUT2D eigenvalue weighted by atomic mass is 10.2. The normalized spacial score (nSPS) is 10.9. The summed E-state index contributed by atoms with van der Waals surface area (Å²) in [5.41, 5.74) is 2.19. The number of thiophene rings is 1. The van der Waals surface area contributed by atoms with Crippen molar-refractivity contribution in [3.8, 4) is 0 Å². The molecule has 1 amide bonds. The summed E-state index contributed by atoms with van der Waals surface area (Å²) in [7, 11) is 0. The molecule has 0 aliphatic heterocycles. The first-order valence-electron chi connectivity index (χ1n) is 6.67. The number of benzene rings is 1. The molecule has 2 aromatic heterocycles. The number of carbonyl (C=O) groups excluding carboxylic acids is 1. The number of hydrogen-bond acceptors (Lipinski definition) is 5. The van der Waals surface area contributed by atoms with Crippen molar-refractivity contribution in [1.82, 2.24) is 10.2 Å². The Bertz CT molecular complexity index is 764. The van der Waals surface area contributed by atoms with Crippen molar-refractivity contribution in [2.45, 2.75) is 6.42 Å². The summed E-state index contributed by atoms with van der Waals surface area (Å²) in [4.78, 5) is 11.8. The SMILES string of the molecule is O=C(C=Cc1ccsc1)Nc1nnc(Cc2ccccc2)s1. The van der Waals surface area contributed by atoms with Crippen molar-refractivity contribution in [2.75, 3.05) is 5.32 Å². The van der Waals surface area contributed by atoms with E-state index < -0.39 is 0 Å². The Hall–Kier alpha value is -2.31. The second kappa shape index (κ2) is 7.11. The summed E-state index contributed by atoms with van der Waals surface area (Å²) >= 11 is 2.99. The maximum Gasteiger partial charge on any atom is 0.250 e. The predicted octanol–water partition coefficient (Wildman–Crippen LogP) is 3.84. The Morgan fingerprint density at radius 2 is 2.05 bits per heavy atom. The molecule has 110 valence electrons. The summed E-state index contributed by atoms with van der Waals surface area (Å²) in [6, 6.07) is 12.0. The Balaban J connectivity index is 1.58. The molecule has 0 radical (unpaired) electrons. The molecule has 0 aliphatic carbocycles. The van der Waals surface area contributed by atoms with Crippen LogP contribution in [-0.4, -0.2) is 16.1 Å². The second-order valence-electron chi connectivity index (χ2n) is 4.54. The molecule has 0 spiro atoms. The van der Waals surface area contributed by atoms with Gasteiger partial charge in [-0.1, -0.05) is 41.7 Å². The summed E-state index contributed by atoms with van der Waals surface area (Å²) in [6.45, 7) is 0. The summed E-state index contributed by atoms with van der Waals surface area (Å²) in [6.07, 6.45) is 4.00. The number of anilines is 1. The Labute approximate surface area is 136 Å². The fraction of sp³-hybridized carbons (Fsp3) is 0.0625. The molecule has 0 atom stereocenters. The van der Waals surface area contributed by atoms with Gasteiger partial charge in [0.05, 0.1) is 0 Å². The largest absolute Gasteiger partial charge is 0.297 e. The van der Waals surface area contributed by atoms with Gasteiger partial charge in [-0.25, -0.2) is 0 Å². The summed E-state index contributed by atoms with van der Waals surface area (Å²) in [5, 5.41) is 16.2. The van der Waals surface area contributed by atoms with Crippen LogP contribution in [0.3, 0.4) is 0 Å². The molecule has 4 nitrogen and oxygen atoms in total. The molecule has 6 heteroatoms. The van der Waals surface area contributed by atoms with E-state index in [9.17, 15) is 4.79 Å².